The van der Waals surface area contributed by atoms with Crippen LogP contribution >= 0.6 is 12.4 Å². The van der Waals surface area contributed by atoms with Gasteiger partial charge in [-0.25, -0.2) is 0 Å². The number of halogens is 4. The van der Waals surface area contributed by atoms with E-state index in [1.807, 2.05) is 0 Å². The predicted octanol–water partition coefficient (Wildman–Crippen LogP) is 2.99. The SMILES string of the molecule is CC(COc1ccccc1C(F)(F)F)NC(=O)C1(n2cccn2)CCNCC1.Cl. The van der Waals surface area contributed by atoms with Gasteiger partial charge in [0.15, 0.2) is 0 Å². The molecule has 160 valence electrons. The van der Waals surface area contributed by atoms with Crippen molar-refractivity contribution in [1.29, 1.82) is 0 Å². The first-order valence-electron chi connectivity index (χ1n) is 9.14. The molecule has 0 bridgehead atoms. The van der Waals surface area contributed by atoms with Crippen LogP contribution in [0.15, 0.2) is 42.7 Å². The number of piperidine rings is 1. The van der Waals surface area contributed by atoms with Gasteiger partial charge < -0.3 is 15.4 Å². The zero-order chi connectivity index (χ0) is 20.2. The van der Waals surface area contributed by atoms with Crippen LogP contribution < -0.4 is 15.4 Å². The summed E-state index contributed by atoms with van der Waals surface area (Å²) in [4.78, 5) is 13.0. The second-order valence-electron chi connectivity index (χ2n) is 6.91. The summed E-state index contributed by atoms with van der Waals surface area (Å²) >= 11 is 0. The van der Waals surface area contributed by atoms with E-state index in [1.165, 1.54) is 18.2 Å². The fraction of sp³-hybridized carbons (Fsp3) is 0.474. The Kier molecular flexibility index (Phi) is 7.54. The Bertz CT molecular complexity index is 793. The topological polar surface area (TPSA) is 68.2 Å². The highest BCUT2D eigenvalue weighted by atomic mass is 35.5. The van der Waals surface area contributed by atoms with Crippen LogP contribution in [0.2, 0.25) is 0 Å². The van der Waals surface area contributed by atoms with E-state index in [9.17, 15) is 18.0 Å². The van der Waals surface area contributed by atoms with Crippen LogP contribution in [0, 0.1) is 0 Å². The lowest BCUT2D eigenvalue weighted by atomic mass is 9.87. The Morgan fingerprint density at radius 1 is 1.31 bits per heavy atom. The van der Waals surface area contributed by atoms with Crippen molar-refractivity contribution in [3.05, 3.63) is 48.3 Å². The number of nitrogens with zero attached hydrogens (tertiary/aromatic N) is 2. The molecular formula is C19H24ClF3N4O2. The monoisotopic (exact) mass is 432 g/mol. The maximum Gasteiger partial charge on any atom is 0.419 e. The van der Waals surface area contributed by atoms with E-state index in [2.05, 4.69) is 15.7 Å². The molecule has 0 saturated carbocycles. The van der Waals surface area contributed by atoms with Gasteiger partial charge in [0.05, 0.1) is 11.6 Å². The second-order valence-corrected chi connectivity index (χ2v) is 6.91. The smallest absolute Gasteiger partial charge is 0.419 e. The molecule has 2 N–H and O–H groups in total. The molecule has 0 radical (unpaired) electrons. The molecule has 1 atom stereocenters. The van der Waals surface area contributed by atoms with Crippen LogP contribution in [0.25, 0.3) is 0 Å². The summed E-state index contributed by atoms with van der Waals surface area (Å²) in [6, 6.07) is 6.32. The number of ether oxygens (including phenoxy) is 1. The van der Waals surface area contributed by atoms with Gasteiger partial charge in [0, 0.05) is 12.4 Å². The molecule has 1 fully saturated rings. The van der Waals surface area contributed by atoms with Crippen molar-refractivity contribution in [2.45, 2.75) is 37.5 Å². The summed E-state index contributed by atoms with van der Waals surface area (Å²) in [5.41, 5.74) is -1.65. The molecule has 1 saturated heterocycles. The van der Waals surface area contributed by atoms with E-state index in [0.717, 1.165) is 6.07 Å². The number of benzene rings is 1. The summed E-state index contributed by atoms with van der Waals surface area (Å²) in [6.45, 7) is 2.98. The Morgan fingerprint density at radius 3 is 2.62 bits per heavy atom. The van der Waals surface area contributed by atoms with Gasteiger partial charge in [0.2, 0.25) is 5.91 Å². The van der Waals surface area contributed by atoms with E-state index in [4.69, 9.17) is 4.74 Å². The predicted molar refractivity (Wildman–Crippen MR) is 104 cm³/mol. The largest absolute Gasteiger partial charge is 0.491 e. The van der Waals surface area contributed by atoms with Gasteiger partial charge in [-0.3, -0.25) is 9.48 Å². The molecule has 1 aromatic carbocycles. The molecule has 2 aromatic rings. The minimum atomic E-state index is -4.50. The molecule has 1 aliphatic heterocycles. The van der Waals surface area contributed by atoms with Crippen molar-refractivity contribution >= 4 is 18.3 Å². The number of carbonyl (C=O) groups is 1. The quantitative estimate of drug-likeness (QED) is 0.736. The summed E-state index contributed by atoms with van der Waals surface area (Å²) in [5.74, 6) is -0.460. The van der Waals surface area contributed by atoms with E-state index in [-0.39, 0.29) is 30.7 Å². The molecule has 1 aliphatic rings. The highest BCUT2D eigenvalue weighted by molar-refractivity contribution is 5.85. The van der Waals surface area contributed by atoms with Crippen molar-refractivity contribution in [2.75, 3.05) is 19.7 Å². The van der Waals surface area contributed by atoms with Gasteiger partial charge in [0.25, 0.3) is 0 Å². The molecular weight excluding hydrogens is 409 g/mol. The number of para-hydroxylation sites is 1. The van der Waals surface area contributed by atoms with Crippen molar-refractivity contribution < 1.29 is 22.7 Å². The molecule has 0 aliphatic carbocycles. The summed E-state index contributed by atoms with van der Waals surface area (Å²) < 4.78 is 46.2. The number of aromatic nitrogens is 2. The van der Waals surface area contributed by atoms with Gasteiger partial charge in [-0.2, -0.15) is 18.3 Å². The second kappa shape index (κ2) is 9.49. The van der Waals surface area contributed by atoms with Gasteiger partial charge >= 0.3 is 6.18 Å². The Balaban J connectivity index is 0.00000300. The van der Waals surface area contributed by atoms with E-state index >= 15 is 0 Å². The fourth-order valence-corrected chi connectivity index (χ4v) is 3.36. The van der Waals surface area contributed by atoms with Crippen molar-refractivity contribution in [3.63, 3.8) is 0 Å². The van der Waals surface area contributed by atoms with E-state index in [1.54, 1.807) is 30.1 Å². The molecule has 1 aromatic heterocycles. The highest BCUT2D eigenvalue weighted by Crippen LogP contribution is 2.36. The van der Waals surface area contributed by atoms with E-state index in [0.29, 0.717) is 25.9 Å². The third-order valence-corrected chi connectivity index (χ3v) is 4.86. The summed E-state index contributed by atoms with van der Waals surface area (Å²) in [7, 11) is 0. The summed E-state index contributed by atoms with van der Waals surface area (Å²) in [5, 5.41) is 10.3. The normalized spacial score (nSPS) is 17.1. The molecule has 2 heterocycles. The number of amides is 1. The van der Waals surface area contributed by atoms with Crippen molar-refractivity contribution in [1.82, 2.24) is 20.4 Å². The van der Waals surface area contributed by atoms with Crippen LogP contribution in [0.3, 0.4) is 0 Å². The fourth-order valence-electron chi connectivity index (χ4n) is 3.36. The zero-order valence-electron chi connectivity index (χ0n) is 15.9. The van der Waals surface area contributed by atoms with Crippen LogP contribution in [0.4, 0.5) is 13.2 Å². The van der Waals surface area contributed by atoms with Gasteiger partial charge in [-0.05, 0) is 51.1 Å². The molecule has 6 nitrogen and oxygen atoms in total. The van der Waals surface area contributed by atoms with Crippen molar-refractivity contribution in [2.24, 2.45) is 0 Å². The van der Waals surface area contributed by atoms with Gasteiger partial charge in [-0.1, -0.05) is 12.1 Å². The third-order valence-electron chi connectivity index (χ3n) is 4.86. The third kappa shape index (κ3) is 5.22. The lowest BCUT2D eigenvalue weighted by molar-refractivity contribution is -0.139. The minimum Gasteiger partial charge on any atom is -0.491 e. The van der Waals surface area contributed by atoms with Crippen LogP contribution in [-0.2, 0) is 16.5 Å². The first-order chi connectivity index (χ1) is 13.3. The maximum atomic E-state index is 13.1. The zero-order valence-corrected chi connectivity index (χ0v) is 16.7. The molecule has 0 spiro atoms. The molecule has 1 unspecified atom stereocenters. The Labute approximate surface area is 173 Å². The minimum absolute atomic E-state index is 0. The number of rotatable bonds is 6. The van der Waals surface area contributed by atoms with Crippen LogP contribution in [0.1, 0.15) is 25.3 Å². The van der Waals surface area contributed by atoms with Gasteiger partial charge in [0.1, 0.15) is 17.9 Å². The number of carbonyl (C=O) groups excluding carboxylic acids is 1. The lowest BCUT2D eigenvalue weighted by Crippen LogP contribution is -2.56. The average molecular weight is 433 g/mol. The number of hydrogen-bond donors (Lipinski definition) is 2. The standard InChI is InChI=1S/C19H23F3N4O2.ClH/c1-14(13-28-16-6-3-2-5-15(16)19(20,21)22)25-17(27)18(7-10-23-11-8-18)26-12-4-9-24-26;/h2-6,9,12,14,23H,7-8,10-11,13H2,1H3,(H,25,27);1H. The molecule has 1 amide bonds. The highest BCUT2D eigenvalue weighted by Gasteiger charge is 2.42. The number of alkyl halides is 3. The maximum absolute atomic E-state index is 13.1. The summed E-state index contributed by atoms with van der Waals surface area (Å²) in [6.07, 6.45) is 0.0294. The molecule has 3 rings (SSSR count). The van der Waals surface area contributed by atoms with Crippen LogP contribution in [0.5, 0.6) is 5.75 Å². The van der Waals surface area contributed by atoms with Crippen molar-refractivity contribution in [3.8, 4) is 5.75 Å². The number of hydrogen-bond acceptors (Lipinski definition) is 4. The Morgan fingerprint density at radius 2 is 2.00 bits per heavy atom. The Hall–Kier alpha value is -2.26. The molecule has 10 heteroatoms. The first kappa shape index (κ1) is 23.0. The van der Waals surface area contributed by atoms with Crippen LogP contribution in [-0.4, -0.2) is 41.4 Å². The average Bonchev–Trinajstić information content (AvgIpc) is 3.21. The lowest BCUT2D eigenvalue weighted by Gasteiger charge is -2.37. The van der Waals surface area contributed by atoms with E-state index < -0.39 is 23.3 Å². The molecule has 29 heavy (non-hydrogen) atoms. The number of nitrogens with one attached hydrogen (secondary N) is 2. The first-order valence-corrected chi connectivity index (χ1v) is 9.14. The van der Waals surface area contributed by atoms with Gasteiger partial charge in [-0.15, -0.1) is 12.4 Å².